The Kier molecular flexibility index (Phi) is 3.82. The van der Waals surface area contributed by atoms with E-state index in [1.807, 2.05) is 0 Å². The van der Waals surface area contributed by atoms with Gasteiger partial charge in [-0.05, 0) is 24.3 Å². The molecule has 0 spiro atoms. The lowest BCUT2D eigenvalue weighted by atomic mass is 10.1. The van der Waals surface area contributed by atoms with E-state index >= 15 is 0 Å². The molecule has 1 aliphatic heterocycles. The molecule has 25 heavy (non-hydrogen) atoms. The van der Waals surface area contributed by atoms with Gasteiger partial charge in [0.1, 0.15) is 6.54 Å². The zero-order valence-electron chi connectivity index (χ0n) is 12.8. The van der Waals surface area contributed by atoms with E-state index < -0.39 is 36.1 Å². The molecule has 0 saturated heterocycles. The zero-order chi connectivity index (χ0) is 18.4. The first kappa shape index (κ1) is 16.7. The molecule has 2 heterocycles. The summed E-state index contributed by atoms with van der Waals surface area (Å²) in [6.45, 7) is -0.431. The average Bonchev–Trinajstić information content (AvgIpc) is 3.08. The molecule has 0 bridgehead atoms. The summed E-state index contributed by atoms with van der Waals surface area (Å²) >= 11 is 0. The van der Waals surface area contributed by atoms with Gasteiger partial charge in [-0.15, -0.1) is 0 Å². The Morgan fingerprint density at radius 1 is 1.16 bits per heavy atom. The van der Waals surface area contributed by atoms with Gasteiger partial charge in [0.2, 0.25) is 5.91 Å². The monoisotopic (exact) mass is 352 g/mol. The van der Waals surface area contributed by atoms with Gasteiger partial charge in [-0.3, -0.25) is 24.0 Å². The second kappa shape index (κ2) is 5.72. The Labute approximate surface area is 139 Å². The van der Waals surface area contributed by atoms with Crippen molar-refractivity contribution in [3.63, 3.8) is 0 Å². The Morgan fingerprint density at radius 2 is 1.84 bits per heavy atom. The predicted octanol–water partition coefficient (Wildman–Crippen LogP) is 1.77. The van der Waals surface area contributed by atoms with Gasteiger partial charge in [0, 0.05) is 18.9 Å². The Balaban J connectivity index is 1.71. The van der Waals surface area contributed by atoms with Crippen LogP contribution in [-0.2, 0) is 17.5 Å². The van der Waals surface area contributed by atoms with Crippen LogP contribution in [-0.4, -0.2) is 39.4 Å². The van der Waals surface area contributed by atoms with Crippen molar-refractivity contribution in [1.29, 1.82) is 0 Å². The lowest BCUT2D eigenvalue weighted by molar-refractivity contribution is -0.141. The van der Waals surface area contributed by atoms with Gasteiger partial charge >= 0.3 is 6.18 Å². The largest absolute Gasteiger partial charge is 0.435 e. The topological polar surface area (TPSA) is 84.3 Å². The fourth-order valence-electron chi connectivity index (χ4n) is 2.39. The van der Waals surface area contributed by atoms with Crippen LogP contribution >= 0.6 is 0 Å². The number of carbonyl (C=O) groups excluding carboxylic acids is 3. The van der Waals surface area contributed by atoms with Crippen LogP contribution in [0.1, 0.15) is 26.4 Å². The number of rotatable bonds is 3. The number of aromatic nitrogens is 2. The number of hydrogen-bond acceptors (Lipinski definition) is 4. The van der Waals surface area contributed by atoms with Crippen molar-refractivity contribution in [3.05, 3.63) is 47.3 Å². The predicted molar refractivity (Wildman–Crippen MR) is 78.7 cm³/mol. The fraction of sp³-hybridized carbons (Fsp3) is 0.200. The Morgan fingerprint density at radius 3 is 2.48 bits per heavy atom. The second-order valence-electron chi connectivity index (χ2n) is 5.37. The van der Waals surface area contributed by atoms with Crippen molar-refractivity contribution in [2.45, 2.75) is 12.7 Å². The molecule has 1 aromatic heterocycles. The molecule has 0 aliphatic carbocycles. The maximum Gasteiger partial charge on any atom is 0.435 e. The zero-order valence-corrected chi connectivity index (χ0v) is 12.8. The van der Waals surface area contributed by atoms with Crippen molar-refractivity contribution in [2.75, 3.05) is 12.4 Å². The quantitative estimate of drug-likeness (QED) is 0.854. The first-order valence-corrected chi connectivity index (χ1v) is 7.04. The molecule has 0 radical (unpaired) electrons. The summed E-state index contributed by atoms with van der Waals surface area (Å²) in [7, 11) is 1.35. The molecule has 10 heteroatoms. The number of hydrogen-bond donors (Lipinski definition) is 1. The van der Waals surface area contributed by atoms with Crippen molar-refractivity contribution in [1.82, 2.24) is 14.7 Å². The van der Waals surface area contributed by atoms with Gasteiger partial charge < -0.3 is 5.32 Å². The summed E-state index contributed by atoms with van der Waals surface area (Å²) in [6, 6.07) is 4.96. The summed E-state index contributed by atoms with van der Waals surface area (Å²) in [5.41, 5.74) is -0.454. The van der Waals surface area contributed by atoms with Crippen molar-refractivity contribution in [2.24, 2.45) is 0 Å². The highest BCUT2D eigenvalue weighted by molar-refractivity contribution is 6.21. The van der Waals surface area contributed by atoms with Gasteiger partial charge in [0.05, 0.1) is 11.1 Å². The number of benzene rings is 1. The summed E-state index contributed by atoms with van der Waals surface area (Å²) in [4.78, 5) is 36.6. The normalized spacial score (nSPS) is 14.0. The number of nitrogens with one attached hydrogen (secondary N) is 1. The summed E-state index contributed by atoms with van der Waals surface area (Å²) in [5.74, 6) is -1.55. The lowest BCUT2D eigenvalue weighted by Gasteiger charge is -2.07. The molecule has 3 rings (SSSR count). The van der Waals surface area contributed by atoms with E-state index in [1.165, 1.54) is 25.2 Å². The molecule has 1 N–H and O–H groups in total. The number of fused-ring (bicyclic) bond motifs is 1. The van der Waals surface area contributed by atoms with E-state index in [0.717, 1.165) is 21.8 Å². The molecule has 0 fully saturated rings. The molecular formula is C15H11F3N4O3. The minimum atomic E-state index is -4.58. The third-order valence-electron chi connectivity index (χ3n) is 3.61. The average molecular weight is 352 g/mol. The Bertz CT molecular complexity index is 888. The van der Waals surface area contributed by atoms with E-state index in [0.29, 0.717) is 0 Å². The number of carbonyl (C=O) groups is 3. The molecule has 0 atom stereocenters. The molecule has 2 aromatic rings. The van der Waals surface area contributed by atoms with Gasteiger partial charge in [0.15, 0.2) is 5.69 Å². The molecule has 7 nitrogen and oxygen atoms in total. The standard InChI is InChI=1S/C15H11F3N4O3/c1-21-13(24)9-3-2-8(6-10(9)14(21)25)19-12(23)7-22-5-4-11(20-22)15(16,17)18/h2-6H,7H2,1H3,(H,19,23). The molecule has 3 amide bonds. The van der Waals surface area contributed by atoms with E-state index in [9.17, 15) is 27.6 Å². The summed E-state index contributed by atoms with van der Waals surface area (Å²) < 4.78 is 38.3. The highest BCUT2D eigenvalue weighted by atomic mass is 19.4. The molecule has 1 aromatic carbocycles. The third kappa shape index (κ3) is 3.10. The third-order valence-corrected chi connectivity index (χ3v) is 3.61. The van der Waals surface area contributed by atoms with Gasteiger partial charge in [0.25, 0.3) is 11.8 Å². The minimum absolute atomic E-state index is 0.156. The van der Waals surface area contributed by atoms with Crippen LogP contribution in [0.15, 0.2) is 30.5 Å². The minimum Gasteiger partial charge on any atom is -0.324 e. The molecule has 0 saturated carbocycles. The molecule has 1 aliphatic rings. The van der Waals surface area contributed by atoms with E-state index in [4.69, 9.17) is 0 Å². The highest BCUT2D eigenvalue weighted by Gasteiger charge is 2.34. The van der Waals surface area contributed by atoms with Crippen molar-refractivity contribution >= 4 is 23.4 Å². The number of amides is 3. The molecule has 130 valence electrons. The summed E-state index contributed by atoms with van der Waals surface area (Å²) in [5, 5.41) is 5.73. The van der Waals surface area contributed by atoms with Crippen molar-refractivity contribution in [3.8, 4) is 0 Å². The van der Waals surface area contributed by atoms with Crippen LogP contribution in [0.2, 0.25) is 0 Å². The van der Waals surface area contributed by atoms with Crippen LogP contribution in [0.25, 0.3) is 0 Å². The first-order valence-electron chi connectivity index (χ1n) is 7.04. The van der Waals surface area contributed by atoms with Crippen LogP contribution in [0, 0.1) is 0 Å². The van der Waals surface area contributed by atoms with Crippen LogP contribution in [0.3, 0.4) is 0 Å². The van der Waals surface area contributed by atoms with Gasteiger partial charge in [-0.2, -0.15) is 18.3 Å². The first-order chi connectivity index (χ1) is 11.7. The summed E-state index contributed by atoms with van der Waals surface area (Å²) in [6.07, 6.45) is -3.54. The number of nitrogens with zero attached hydrogens (tertiary/aromatic N) is 3. The molecule has 0 unspecified atom stereocenters. The Hall–Kier alpha value is -3.17. The van der Waals surface area contributed by atoms with Crippen LogP contribution in [0.4, 0.5) is 18.9 Å². The van der Waals surface area contributed by atoms with Crippen LogP contribution < -0.4 is 5.32 Å². The number of anilines is 1. The number of imide groups is 1. The van der Waals surface area contributed by atoms with Crippen molar-refractivity contribution < 1.29 is 27.6 Å². The lowest BCUT2D eigenvalue weighted by Crippen LogP contribution is -2.24. The van der Waals surface area contributed by atoms with Gasteiger partial charge in [-0.1, -0.05) is 0 Å². The van der Waals surface area contributed by atoms with Gasteiger partial charge in [-0.25, -0.2) is 0 Å². The highest BCUT2D eigenvalue weighted by Crippen LogP contribution is 2.27. The number of alkyl halides is 3. The van der Waals surface area contributed by atoms with Crippen LogP contribution in [0.5, 0.6) is 0 Å². The van der Waals surface area contributed by atoms with E-state index in [-0.39, 0.29) is 16.8 Å². The fourth-order valence-corrected chi connectivity index (χ4v) is 2.39. The maximum absolute atomic E-state index is 12.5. The van der Waals surface area contributed by atoms with E-state index in [1.54, 1.807) is 0 Å². The smallest absolute Gasteiger partial charge is 0.324 e. The SMILES string of the molecule is CN1C(=O)c2ccc(NC(=O)Cn3ccc(C(F)(F)F)n3)cc2C1=O. The maximum atomic E-state index is 12.5. The van der Waals surface area contributed by atoms with E-state index in [2.05, 4.69) is 10.4 Å². The number of halogens is 3. The second-order valence-corrected chi connectivity index (χ2v) is 5.37. The molecular weight excluding hydrogens is 341 g/mol.